The van der Waals surface area contributed by atoms with Crippen molar-refractivity contribution in [1.82, 2.24) is 4.72 Å². The van der Waals surface area contributed by atoms with E-state index in [1.54, 1.807) is 6.07 Å². The third-order valence-corrected chi connectivity index (χ3v) is 5.13. The molecular weight excluding hydrogens is 370 g/mol. The van der Waals surface area contributed by atoms with E-state index < -0.39 is 32.5 Å². The normalized spacial score (nSPS) is 12.4. The van der Waals surface area contributed by atoms with Crippen LogP contribution in [0.4, 0.5) is 17.6 Å². The molecule has 9 heteroatoms. The summed E-state index contributed by atoms with van der Waals surface area (Å²) < 4.78 is 78.0. The van der Waals surface area contributed by atoms with Gasteiger partial charge in [0.25, 0.3) is 0 Å². The van der Waals surface area contributed by atoms with Crippen molar-refractivity contribution >= 4 is 21.6 Å². The molecule has 0 unspecified atom stereocenters. The number of nitrogens with one attached hydrogen (secondary N) is 1. The first-order valence-corrected chi connectivity index (χ1v) is 8.57. The Kier molecular flexibility index (Phi) is 5.52. The number of alkyl halides is 3. The van der Waals surface area contributed by atoms with Crippen LogP contribution in [0.5, 0.6) is 0 Å². The molecule has 0 aliphatic rings. The van der Waals surface area contributed by atoms with Crippen molar-refractivity contribution in [3.63, 3.8) is 0 Å². The predicted octanol–water partition coefficient (Wildman–Crippen LogP) is 4.02. The Labute approximate surface area is 141 Å². The summed E-state index contributed by atoms with van der Waals surface area (Å²) in [6, 6.07) is 7.83. The van der Waals surface area contributed by atoms with Crippen LogP contribution in [0.3, 0.4) is 0 Å². The van der Waals surface area contributed by atoms with Crippen LogP contribution in [0.2, 0.25) is 5.02 Å². The summed E-state index contributed by atoms with van der Waals surface area (Å²) in [5.74, 6) is -0.492. The molecule has 0 aromatic heterocycles. The van der Waals surface area contributed by atoms with E-state index in [0.29, 0.717) is 12.1 Å². The van der Waals surface area contributed by atoms with Gasteiger partial charge in [-0.2, -0.15) is 13.2 Å². The highest BCUT2D eigenvalue weighted by molar-refractivity contribution is 7.89. The van der Waals surface area contributed by atoms with Crippen LogP contribution in [0.1, 0.15) is 11.1 Å². The van der Waals surface area contributed by atoms with Crippen LogP contribution in [-0.2, 0) is 22.6 Å². The van der Waals surface area contributed by atoms with Gasteiger partial charge in [-0.3, -0.25) is 0 Å². The van der Waals surface area contributed by atoms with Gasteiger partial charge in [0, 0.05) is 6.54 Å². The third-order valence-electron chi connectivity index (χ3n) is 3.19. The zero-order valence-corrected chi connectivity index (χ0v) is 13.6. The first-order valence-electron chi connectivity index (χ1n) is 6.71. The molecule has 0 radical (unpaired) electrons. The van der Waals surface area contributed by atoms with Crippen molar-refractivity contribution in [3.8, 4) is 0 Å². The topological polar surface area (TPSA) is 46.2 Å². The zero-order valence-electron chi connectivity index (χ0n) is 12.1. The molecular formula is C15H12ClF4NO2S. The first-order chi connectivity index (χ1) is 11.1. The third kappa shape index (κ3) is 4.46. The highest BCUT2D eigenvalue weighted by Gasteiger charge is 2.32. The number of hydrogen-bond donors (Lipinski definition) is 1. The van der Waals surface area contributed by atoms with Gasteiger partial charge in [0.2, 0.25) is 10.0 Å². The number of rotatable bonds is 5. The molecule has 0 atom stereocenters. The molecule has 24 heavy (non-hydrogen) atoms. The Bertz CT molecular complexity index is 838. The van der Waals surface area contributed by atoms with E-state index in [1.165, 1.54) is 18.2 Å². The molecule has 1 N–H and O–H groups in total. The van der Waals surface area contributed by atoms with Gasteiger partial charge in [-0.15, -0.1) is 0 Å². The van der Waals surface area contributed by atoms with Gasteiger partial charge >= 0.3 is 6.18 Å². The summed E-state index contributed by atoms with van der Waals surface area (Å²) in [4.78, 5) is -0.674. The predicted molar refractivity (Wildman–Crippen MR) is 81.7 cm³/mol. The van der Waals surface area contributed by atoms with Crippen molar-refractivity contribution in [1.29, 1.82) is 0 Å². The van der Waals surface area contributed by atoms with Crippen molar-refractivity contribution < 1.29 is 26.0 Å². The monoisotopic (exact) mass is 381 g/mol. The summed E-state index contributed by atoms with van der Waals surface area (Å²) in [7, 11) is -4.26. The summed E-state index contributed by atoms with van der Waals surface area (Å²) >= 11 is 5.71. The molecule has 0 amide bonds. The van der Waals surface area contributed by atoms with Crippen molar-refractivity contribution in [2.75, 3.05) is 6.54 Å². The summed E-state index contributed by atoms with van der Waals surface area (Å²) in [6.07, 6.45) is -4.65. The van der Waals surface area contributed by atoms with Gasteiger partial charge in [-0.05, 0) is 36.2 Å². The molecule has 0 saturated carbocycles. The fourth-order valence-corrected chi connectivity index (χ4v) is 3.54. The summed E-state index contributed by atoms with van der Waals surface area (Å²) in [5, 5.41) is -0.332. The van der Waals surface area contributed by atoms with Crippen LogP contribution >= 0.6 is 11.6 Å². The Morgan fingerprint density at radius 3 is 2.38 bits per heavy atom. The second-order valence-electron chi connectivity index (χ2n) is 4.88. The molecule has 0 bridgehead atoms. The lowest BCUT2D eigenvalue weighted by Crippen LogP contribution is -2.26. The van der Waals surface area contributed by atoms with Crippen molar-refractivity contribution in [2.24, 2.45) is 0 Å². The second kappa shape index (κ2) is 7.08. The van der Waals surface area contributed by atoms with Crippen LogP contribution in [0.25, 0.3) is 0 Å². The number of halogens is 5. The maximum atomic E-state index is 13.5. The van der Waals surface area contributed by atoms with E-state index in [2.05, 4.69) is 4.72 Å². The lowest BCUT2D eigenvalue weighted by atomic mass is 10.1. The average Bonchev–Trinajstić information content (AvgIpc) is 2.48. The molecule has 0 aliphatic carbocycles. The maximum absolute atomic E-state index is 13.5. The van der Waals surface area contributed by atoms with Gasteiger partial charge in [0.05, 0.1) is 10.6 Å². The first kappa shape index (κ1) is 18.7. The van der Waals surface area contributed by atoms with Gasteiger partial charge in [-0.1, -0.05) is 29.8 Å². The molecule has 0 aliphatic heterocycles. The smallest absolute Gasteiger partial charge is 0.211 e. The van der Waals surface area contributed by atoms with Crippen LogP contribution in [0.15, 0.2) is 47.4 Å². The van der Waals surface area contributed by atoms with Crippen LogP contribution < -0.4 is 4.72 Å². The van der Waals surface area contributed by atoms with Gasteiger partial charge in [0.15, 0.2) is 0 Å². The lowest BCUT2D eigenvalue weighted by Gasteiger charge is -2.12. The molecule has 0 spiro atoms. The lowest BCUT2D eigenvalue weighted by molar-refractivity contribution is -0.137. The minimum absolute atomic E-state index is 0.0441. The van der Waals surface area contributed by atoms with E-state index >= 15 is 0 Å². The fourth-order valence-electron chi connectivity index (χ4n) is 1.98. The molecule has 0 heterocycles. The Hall–Kier alpha value is -1.64. The maximum Gasteiger partial charge on any atom is 0.416 e. The standard InChI is InChI=1S/C15H12ClF4NO2S/c16-12-6-5-11(15(18,19)20)9-14(12)24(22,23)21-8-7-10-3-1-2-4-13(10)17/h1-6,9,21H,7-8H2. The van der Waals surface area contributed by atoms with E-state index in [1.807, 2.05) is 0 Å². The highest BCUT2D eigenvalue weighted by atomic mass is 35.5. The van der Waals surface area contributed by atoms with Gasteiger partial charge < -0.3 is 0 Å². The minimum atomic E-state index is -4.69. The molecule has 130 valence electrons. The second-order valence-corrected chi connectivity index (χ2v) is 7.02. The van der Waals surface area contributed by atoms with Crippen LogP contribution in [0, 0.1) is 5.82 Å². The number of sulfonamides is 1. The number of hydrogen-bond acceptors (Lipinski definition) is 2. The molecule has 2 aromatic rings. The largest absolute Gasteiger partial charge is 0.416 e. The quantitative estimate of drug-likeness (QED) is 0.795. The average molecular weight is 382 g/mol. The zero-order chi connectivity index (χ0) is 18.0. The van der Waals surface area contributed by atoms with Gasteiger partial charge in [-0.25, -0.2) is 17.5 Å². The molecule has 2 rings (SSSR count). The van der Waals surface area contributed by atoms with Gasteiger partial charge in [0.1, 0.15) is 10.7 Å². The Morgan fingerprint density at radius 1 is 1.08 bits per heavy atom. The van der Waals surface area contributed by atoms with E-state index in [0.717, 1.165) is 6.07 Å². The Morgan fingerprint density at radius 2 is 1.75 bits per heavy atom. The van der Waals surface area contributed by atoms with E-state index in [-0.39, 0.29) is 23.6 Å². The van der Waals surface area contributed by atoms with Crippen molar-refractivity contribution in [3.05, 3.63) is 64.4 Å². The van der Waals surface area contributed by atoms with E-state index in [9.17, 15) is 26.0 Å². The van der Waals surface area contributed by atoms with Crippen LogP contribution in [-0.4, -0.2) is 15.0 Å². The summed E-state index contributed by atoms with van der Waals surface area (Å²) in [6.45, 7) is -0.185. The van der Waals surface area contributed by atoms with E-state index in [4.69, 9.17) is 11.6 Å². The van der Waals surface area contributed by atoms with Crippen molar-refractivity contribution in [2.45, 2.75) is 17.5 Å². The summed E-state index contributed by atoms with van der Waals surface area (Å²) in [5.41, 5.74) is -0.836. The minimum Gasteiger partial charge on any atom is -0.211 e. The molecule has 0 saturated heterocycles. The molecule has 0 fully saturated rings. The SMILES string of the molecule is O=S(=O)(NCCc1ccccc1F)c1cc(C(F)(F)F)ccc1Cl. The molecule has 2 aromatic carbocycles. The fraction of sp³-hybridized carbons (Fsp3) is 0.200. The Balaban J connectivity index is 2.17. The molecule has 3 nitrogen and oxygen atoms in total. The number of benzene rings is 2. The highest BCUT2D eigenvalue weighted by Crippen LogP contribution is 2.33.